The van der Waals surface area contributed by atoms with Crippen LogP contribution in [0.5, 0.6) is 0 Å². The van der Waals surface area contributed by atoms with Gasteiger partial charge < -0.3 is 9.64 Å². The Kier molecular flexibility index (Phi) is 4.52. The van der Waals surface area contributed by atoms with E-state index in [9.17, 15) is 9.59 Å². The van der Waals surface area contributed by atoms with Crippen LogP contribution in [-0.2, 0) is 9.53 Å². The molecule has 1 aromatic carbocycles. The number of hydrogen-bond acceptors (Lipinski definition) is 3. The highest BCUT2D eigenvalue weighted by Gasteiger charge is 2.56. The number of nitrogens with zero attached hydrogens (tertiary/aromatic N) is 2. The summed E-state index contributed by atoms with van der Waals surface area (Å²) in [6, 6.07) is 10.1. The van der Waals surface area contributed by atoms with Crippen molar-refractivity contribution in [1.29, 1.82) is 0 Å². The molecule has 1 unspecified atom stereocenters. The van der Waals surface area contributed by atoms with E-state index in [1.807, 2.05) is 56.0 Å². The summed E-state index contributed by atoms with van der Waals surface area (Å²) in [7, 11) is 0. The Morgan fingerprint density at radius 3 is 2.48 bits per heavy atom. The van der Waals surface area contributed by atoms with Gasteiger partial charge in [0.2, 0.25) is 5.91 Å². The number of ether oxygens (including phenoxy) is 1. The van der Waals surface area contributed by atoms with E-state index in [0.717, 1.165) is 18.4 Å². The molecule has 0 bridgehead atoms. The number of carbonyl (C=O) groups excluding carboxylic acids is 2. The summed E-state index contributed by atoms with van der Waals surface area (Å²) < 4.78 is 5.55. The van der Waals surface area contributed by atoms with Crippen LogP contribution in [0, 0.1) is 0 Å². The summed E-state index contributed by atoms with van der Waals surface area (Å²) in [6.07, 6.45) is 1.89. The minimum atomic E-state index is -0.717. The number of amides is 2. The van der Waals surface area contributed by atoms with Gasteiger partial charge in [-0.25, -0.2) is 4.79 Å². The van der Waals surface area contributed by atoms with Gasteiger partial charge in [-0.3, -0.25) is 9.69 Å². The second kappa shape index (κ2) is 6.36. The fourth-order valence-electron chi connectivity index (χ4n) is 4.01. The molecule has 5 nitrogen and oxygen atoms in total. The van der Waals surface area contributed by atoms with Crippen molar-refractivity contribution < 1.29 is 14.3 Å². The van der Waals surface area contributed by atoms with Gasteiger partial charge in [0.25, 0.3) is 0 Å². The largest absolute Gasteiger partial charge is 0.444 e. The van der Waals surface area contributed by atoms with Gasteiger partial charge in [-0.15, -0.1) is 0 Å². The Morgan fingerprint density at radius 2 is 1.84 bits per heavy atom. The zero-order valence-corrected chi connectivity index (χ0v) is 15.6. The summed E-state index contributed by atoms with van der Waals surface area (Å²) in [4.78, 5) is 29.5. The Balaban J connectivity index is 1.80. The molecule has 2 aliphatic heterocycles. The van der Waals surface area contributed by atoms with Crippen molar-refractivity contribution in [1.82, 2.24) is 9.80 Å². The molecule has 5 heteroatoms. The maximum atomic E-state index is 13.3. The van der Waals surface area contributed by atoms with E-state index in [4.69, 9.17) is 4.74 Å². The lowest BCUT2D eigenvalue weighted by Crippen LogP contribution is -2.54. The fourth-order valence-corrected chi connectivity index (χ4v) is 4.01. The van der Waals surface area contributed by atoms with Crippen LogP contribution in [-0.4, -0.2) is 46.0 Å². The first-order chi connectivity index (χ1) is 11.7. The highest BCUT2D eigenvalue weighted by atomic mass is 16.6. The SMILES string of the molecule is CC(c1ccccc1)N1CC[C@]2(CCCN2C(=O)OC(C)(C)C)C1=O. The van der Waals surface area contributed by atoms with Gasteiger partial charge in [0.05, 0.1) is 6.04 Å². The third-order valence-electron chi connectivity index (χ3n) is 5.28. The van der Waals surface area contributed by atoms with Crippen molar-refractivity contribution in [2.45, 2.75) is 64.1 Å². The fraction of sp³-hybridized carbons (Fsp3) is 0.600. The molecule has 1 aromatic rings. The van der Waals surface area contributed by atoms with Crippen molar-refractivity contribution in [2.75, 3.05) is 13.1 Å². The summed E-state index contributed by atoms with van der Waals surface area (Å²) in [5.41, 5.74) is -0.153. The summed E-state index contributed by atoms with van der Waals surface area (Å²) in [5.74, 6) is 0.0622. The molecule has 136 valence electrons. The molecule has 3 rings (SSSR count). The molecule has 25 heavy (non-hydrogen) atoms. The number of likely N-dealkylation sites (tertiary alicyclic amines) is 2. The molecule has 2 atom stereocenters. The molecule has 2 heterocycles. The lowest BCUT2D eigenvalue weighted by molar-refractivity contribution is -0.138. The number of hydrogen-bond donors (Lipinski definition) is 0. The molecular weight excluding hydrogens is 316 g/mol. The summed E-state index contributed by atoms with van der Waals surface area (Å²) in [6.45, 7) is 8.89. The molecular formula is C20H28N2O3. The standard InChI is InChI=1S/C20H28N2O3/c1-15(16-9-6-5-7-10-16)21-14-12-20(17(21)23)11-8-13-22(20)18(24)25-19(2,3)4/h5-7,9-10,15H,8,11-14H2,1-4H3/t15?,20-/m1/s1. The molecule has 2 saturated heterocycles. The zero-order chi connectivity index (χ0) is 18.2. The monoisotopic (exact) mass is 344 g/mol. The predicted molar refractivity (Wildman–Crippen MR) is 96.1 cm³/mol. The Bertz CT molecular complexity index is 653. The van der Waals surface area contributed by atoms with Crippen LogP contribution in [0.2, 0.25) is 0 Å². The first-order valence-electron chi connectivity index (χ1n) is 9.11. The van der Waals surface area contributed by atoms with E-state index >= 15 is 0 Å². The van der Waals surface area contributed by atoms with Crippen LogP contribution < -0.4 is 0 Å². The van der Waals surface area contributed by atoms with Gasteiger partial charge in [0, 0.05) is 13.1 Å². The maximum Gasteiger partial charge on any atom is 0.411 e. The van der Waals surface area contributed by atoms with Crippen molar-refractivity contribution in [3.8, 4) is 0 Å². The van der Waals surface area contributed by atoms with E-state index in [2.05, 4.69) is 6.92 Å². The van der Waals surface area contributed by atoms with Crippen LogP contribution in [0.25, 0.3) is 0 Å². The van der Waals surface area contributed by atoms with E-state index in [0.29, 0.717) is 19.5 Å². The molecule has 2 fully saturated rings. The molecule has 2 aliphatic rings. The Morgan fingerprint density at radius 1 is 1.16 bits per heavy atom. The quantitative estimate of drug-likeness (QED) is 0.821. The minimum absolute atomic E-state index is 0.00848. The highest BCUT2D eigenvalue weighted by molar-refractivity contribution is 5.92. The molecule has 1 spiro atoms. The summed E-state index contributed by atoms with van der Waals surface area (Å²) in [5, 5.41) is 0. The Hall–Kier alpha value is -2.04. The average molecular weight is 344 g/mol. The van der Waals surface area contributed by atoms with E-state index < -0.39 is 11.1 Å². The van der Waals surface area contributed by atoms with Crippen LogP contribution >= 0.6 is 0 Å². The normalized spacial score (nSPS) is 24.9. The lowest BCUT2D eigenvalue weighted by atomic mass is 9.94. The van der Waals surface area contributed by atoms with Crippen molar-refractivity contribution in [3.05, 3.63) is 35.9 Å². The van der Waals surface area contributed by atoms with Gasteiger partial charge in [-0.2, -0.15) is 0 Å². The average Bonchev–Trinajstić information content (AvgIpc) is 3.12. The summed E-state index contributed by atoms with van der Waals surface area (Å²) >= 11 is 0. The van der Waals surface area contributed by atoms with E-state index in [1.165, 1.54) is 0 Å². The second-order valence-corrected chi connectivity index (χ2v) is 8.10. The minimum Gasteiger partial charge on any atom is -0.444 e. The molecule has 0 N–H and O–H groups in total. The lowest BCUT2D eigenvalue weighted by Gasteiger charge is -2.35. The molecule has 0 radical (unpaired) electrons. The van der Waals surface area contributed by atoms with Gasteiger partial charge >= 0.3 is 6.09 Å². The smallest absolute Gasteiger partial charge is 0.411 e. The Labute approximate surface area is 149 Å². The van der Waals surface area contributed by atoms with Gasteiger partial charge in [0.1, 0.15) is 11.1 Å². The first kappa shape index (κ1) is 17.8. The van der Waals surface area contributed by atoms with Gasteiger partial charge in [-0.05, 0) is 52.5 Å². The van der Waals surface area contributed by atoms with Crippen molar-refractivity contribution in [2.24, 2.45) is 0 Å². The number of carbonyl (C=O) groups is 2. The molecule has 0 saturated carbocycles. The molecule has 0 aliphatic carbocycles. The van der Waals surface area contributed by atoms with Gasteiger partial charge in [-0.1, -0.05) is 30.3 Å². The molecule has 2 amide bonds. The topological polar surface area (TPSA) is 49.9 Å². The van der Waals surface area contributed by atoms with Crippen LogP contribution in [0.1, 0.15) is 58.6 Å². The van der Waals surface area contributed by atoms with Crippen LogP contribution in [0.4, 0.5) is 4.79 Å². The maximum absolute atomic E-state index is 13.3. The van der Waals surface area contributed by atoms with Crippen LogP contribution in [0.3, 0.4) is 0 Å². The third kappa shape index (κ3) is 3.24. The van der Waals surface area contributed by atoms with Crippen molar-refractivity contribution >= 4 is 12.0 Å². The predicted octanol–water partition coefficient (Wildman–Crippen LogP) is 3.75. The number of rotatable bonds is 2. The third-order valence-corrected chi connectivity index (χ3v) is 5.28. The second-order valence-electron chi connectivity index (χ2n) is 8.10. The number of benzene rings is 1. The van der Waals surface area contributed by atoms with Crippen molar-refractivity contribution in [3.63, 3.8) is 0 Å². The zero-order valence-electron chi connectivity index (χ0n) is 15.6. The van der Waals surface area contributed by atoms with Gasteiger partial charge in [0.15, 0.2) is 0 Å². The highest BCUT2D eigenvalue weighted by Crippen LogP contribution is 2.42. The van der Waals surface area contributed by atoms with E-state index in [-0.39, 0.29) is 18.0 Å². The first-order valence-corrected chi connectivity index (χ1v) is 9.11. The molecule has 0 aromatic heterocycles. The van der Waals surface area contributed by atoms with Crippen LogP contribution in [0.15, 0.2) is 30.3 Å². The van der Waals surface area contributed by atoms with E-state index in [1.54, 1.807) is 4.90 Å².